The minimum atomic E-state index is 0.465. The van der Waals surface area contributed by atoms with Crippen molar-refractivity contribution < 1.29 is 0 Å². The van der Waals surface area contributed by atoms with Crippen molar-refractivity contribution in [3.63, 3.8) is 0 Å². The Kier molecular flexibility index (Phi) is 4.69. The van der Waals surface area contributed by atoms with Gasteiger partial charge in [0, 0.05) is 11.1 Å². The van der Waals surface area contributed by atoms with Crippen LogP contribution in [-0.2, 0) is 0 Å². The minimum absolute atomic E-state index is 0.465. The number of nitrogens with zero attached hydrogens (tertiary/aromatic N) is 1. The Morgan fingerprint density at radius 2 is 1.13 bits per heavy atom. The Hall–Kier alpha value is -1.45. The highest BCUT2D eigenvalue weighted by Gasteiger charge is 2.16. The van der Waals surface area contributed by atoms with Gasteiger partial charge < -0.3 is 5.73 Å². The predicted molar refractivity (Wildman–Crippen MR) is 99.6 cm³/mol. The topological polar surface area (TPSA) is 38.9 Å². The molecule has 6 heteroatoms. The maximum absolute atomic E-state index is 6.26. The molecule has 0 amide bonds. The lowest BCUT2D eigenvalue weighted by molar-refractivity contribution is 1.32. The molecule has 1 heterocycles. The van der Waals surface area contributed by atoms with E-state index in [1.165, 1.54) is 0 Å². The first-order valence-electron chi connectivity index (χ1n) is 6.64. The molecule has 0 fully saturated rings. The number of hydrogen-bond donors (Lipinski definition) is 1. The number of aromatic nitrogens is 1. The van der Waals surface area contributed by atoms with Crippen LogP contribution in [0.4, 0.5) is 5.69 Å². The van der Waals surface area contributed by atoms with Crippen LogP contribution in [0.3, 0.4) is 0 Å². The average molecular weight is 384 g/mol. The summed E-state index contributed by atoms with van der Waals surface area (Å²) in [4.78, 5) is 4.59. The summed E-state index contributed by atoms with van der Waals surface area (Å²) in [6, 6.07) is 14.0. The zero-order chi connectivity index (χ0) is 16.6. The lowest BCUT2D eigenvalue weighted by atomic mass is 10.1. The van der Waals surface area contributed by atoms with E-state index in [0.29, 0.717) is 48.3 Å². The number of rotatable bonds is 2. The number of nitrogen functional groups attached to an aromatic ring is 1. The van der Waals surface area contributed by atoms with E-state index in [1.807, 2.05) is 0 Å². The van der Waals surface area contributed by atoms with Crippen molar-refractivity contribution in [3.05, 3.63) is 68.6 Å². The fourth-order valence-electron chi connectivity index (χ4n) is 2.28. The Morgan fingerprint density at radius 3 is 1.65 bits per heavy atom. The monoisotopic (exact) mass is 382 g/mol. The second-order valence-corrected chi connectivity index (χ2v) is 6.46. The summed E-state index contributed by atoms with van der Waals surface area (Å²) < 4.78 is 0. The van der Waals surface area contributed by atoms with Gasteiger partial charge in [-0.2, -0.15) is 0 Å². The summed E-state index contributed by atoms with van der Waals surface area (Å²) in [5, 5.41) is 1.95. The van der Waals surface area contributed by atoms with Crippen molar-refractivity contribution in [3.8, 4) is 22.5 Å². The van der Waals surface area contributed by atoms with E-state index in [-0.39, 0.29) is 0 Å². The summed E-state index contributed by atoms with van der Waals surface area (Å²) in [5.41, 5.74) is 8.85. The number of pyridine rings is 1. The van der Waals surface area contributed by atoms with Crippen LogP contribution in [0.2, 0.25) is 20.1 Å². The van der Waals surface area contributed by atoms with Gasteiger partial charge in [-0.05, 0) is 36.4 Å². The summed E-state index contributed by atoms with van der Waals surface area (Å²) in [5.74, 6) is 0. The van der Waals surface area contributed by atoms with Gasteiger partial charge in [0.2, 0.25) is 0 Å². The molecule has 0 saturated heterocycles. The number of hydrogen-bond acceptors (Lipinski definition) is 2. The quantitative estimate of drug-likeness (QED) is 0.540. The van der Waals surface area contributed by atoms with E-state index in [1.54, 1.807) is 48.5 Å². The number of anilines is 1. The molecule has 0 spiro atoms. The molecule has 0 unspecified atom stereocenters. The van der Waals surface area contributed by atoms with E-state index in [4.69, 9.17) is 52.1 Å². The molecule has 0 saturated carbocycles. The van der Waals surface area contributed by atoms with Gasteiger partial charge in [0.15, 0.2) is 0 Å². The molecule has 0 aliphatic carbocycles. The van der Waals surface area contributed by atoms with Gasteiger partial charge in [-0.3, -0.25) is 0 Å². The van der Waals surface area contributed by atoms with Gasteiger partial charge in [0.1, 0.15) is 0 Å². The highest BCUT2D eigenvalue weighted by Crippen LogP contribution is 2.39. The third kappa shape index (κ3) is 3.13. The molecule has 0 radical (unpaired) electrons. The van der Waals surface area contributed by atoms with Crippen LogP contribution in [0.25, 0.3) is 22.5 Å². The van der Waals surface area contributed by atoms with Crippen LogP contribution >= 0.6 is 46.4 Å². The van der Waals surface area contributed by atoms with Crippen LogP contribution in [0, 0.1) is 0 Å². The van der Waals surface area contributed by atoms with E-state index in [2.05, 4.69) is 4.98 Å². The van der Waals surface area contributed by atoms with Gasteiger partial charge in [0.05, 0.1) is 37.2 Å². The highest BCUT2D eigenvalue weighted by atomic mass is 35.5. The number of benzene rings is 2. The Bertz CT molecular complexity index is 853. The molecule has 3 aromatic rings. The van der Waals surface area contributed by atoms with Crippen LogP contribution in [0.5, 0.6) is 0 Å². The van der Waals surface area contributed by atoms with Crippen molar-refractivity contribution in [2.24, 2.45) is 0 Å². The summed E-state index contributed by atoms with van der Waals surface area (Å²) in [7, 11) is 0. The SMILES string of the molecule is Nc1ccc(-c2c(Cl)cccc2Cl)nc1-c1c(Cl)cccc1Cl. The Labute approximate surface area is 153 Å². The zero-order valence-corrected chi connectivity index (χ0v) is 14.7. The fourth-order valence-corrected chi connectivity index (χ4v) is 3.44. The van der Waals surface area contributed by atoms with Crippen molar-refractivity contribution in [1.82, 2.24) is 4.98 Å². The van der Waals surface area contributed by atoms with Crippen LogP contribution in [0.1, 0.15) is 0 Å². The average Bonchev–Trinajstić information content (AvgIpc) is 2.49. The summed E-state index contributed by atoms with van der Waals surface area (Å²) >= 11 is 25.0. The maximum atomic E-state index is 6.26. The molecular formula is C17H10Cl4N2. The Morgan fingerprint density at radius 1 is 0.652 bits per heavy atom. The van der Waals surface area contributed by atoms with E-state index >= 15 is 0 Å². The van der Waals surface area contributed by atoms with Crippen molar-refractivity contribution >= 4 is 52.1 Å². The van der Waals surface area contributed by atoms with Crippen molar-refractivity contribution in [2.45, 2.75) is 0 Å². The molecule has 3 rings (SSSR count). The molecule has 2 nitrogen and oxygen atoms in total. The van der Waals surface area contributed by atoms with Crippen LogP contribution in [0.15, 0.2) is 48.5 Å². The van der Waals surface area contributed by atoms with Gasteiger partial charge in [-0.15, -0.1) is 0 Å². The molecule has 23 heavy (non-hydrogen) atoms. The summed E-state index contributed by atoms with van der Waals surface area (Å²) in [6.07, 6.45) is 0. The first kappa shape index (κ1) is 16.4. The Balaban J connectivity index is 2.26. The largest absolute Gasteiger partial charge is 0.397 e. The second-order valence-electron chi connectivity index (χ2n) is 4.83. The van der Waals surface area contributed by atoms with Gasteiger partial charge in [-0.1, -0.05) is 58.5 Å². The normalized spacial score (nSPS) is 10.8. The molecule has 0 aliphatic rings. The lowest BCUT2D eigenvalue weighted by Crippen LogP contribution is -1.97. The lowest BCUT2D eigenvalue weighted by Gasteiger charge is -2.12. The zero-order valence-electron chi connectivity index (χ0n) is 11.7. The molecule has 116 valence electrons. The molecule has 0 aliphatic heterocycles. The summed E-state index contributed by atoms with van der Waals surface area (Å²) in [6.45, 7) is 0. The van der Waals surface area contributed by atoms with Gasteiger partial charge in [0.25, 0.3) is 0 Å². The molecule has 2 N–H and O–H groups in total. The van der Waals surface area contributed by atoms with Crippen LogP contribution in [-0.4, -0.2) is 4.98 Å². The smallest absolute Gasteiger partial charge is 0.0968 e. The maximum Gasteiger partial charge on any atom is 0.0968 e. The fraction of sp³-hybridized carbons (Fsp3) is 0. The second kappa shape index (κ2) is 6.58. The van der Waals surface area contributed by atoms with Crippen LogP contribution < -0.4 is 5.73 Å². The molecule has 0 atom stereocenters. The third-order valence-electron chi connectivity index (χ3n) is 3.34. The molecule has 2 aromatic carbocycles. The minimum Gasteiger partial charge on any atom is -0.397 e. The standard InChI is InChI=1S/C17H10Cl4N2/c18-9-3-1-4-10(19)15(9)14-8-7-13(22)17(23-14)16-11(20)5-2-6-12(16)21/h1-8H,22H2. The van der Waals surface area contributed by atoms with Crippen molar-refractivity contribution in [2.75, 3.05) is 5.73 Å². The van der Waals surface area contributed by atoms with E-state index in [9.17, 15) is 0 Å². The highest BCUT2D eigenvalue weighted by molar-refractivity contribution is 6.40. The van der Waals surface area contributed by atoms with Crippen molar-refractivity contribution in [1.29, 1.82) is 0 Å². The third-order valence-corrected chi connectivity index (χ3v) is 4.60. The molecular weight excluding hydrogens is 374 g/mol. The van der Waals surface area contributed by atoms with E-state index in [0.717, 1.165) is 0 Å². The first-order chi connectivity index (χ1) is 11.0. The first-order valence-corrected chi connectivity index (χ1v) is 8.15. The van der Waals surface area contributed by atoms with Gasteiger partial charge >= 0.3 is 0 Å². The molecule has 0 bridgehead atoms. The molecule has 1 aromatic heterocycles. The predicted octanol–water partition coefficient (Wildman–Crippen LogP) is 6.61. The number of halogens is 4. The van der Waals surface area contributed by atoms with E-state index < -0.39 is 0 Å². The number of nitrogens with two attached hydrogens (primary N) is 1. The van der Waals surface area contributed by atoms with Gasteiger partial charge in [-0.25, -0.2) is 4.98 Å².